The summed E-state index contributed by atoms with van der Waals surface area (Å²) in [5.41, 5.74) is 0.873. The molecular formula is C14H22N2O4. The largest absolute Gasteiger partial charge is 0.383 e. The fraction of sp³-hybridized carbons (Fsp3) is 0.500. The summed E-state index contributed by atoms with van der Waals surface area (Å²) in [5, 5.41) is 13.4. The Bertz CT molecular complexity index is 460. The molecule has 0 bridgehead atoms. The molecule has 0 aromatic heterocycles. The summed E-state index contributed by atoms with van der Waals surface area (Å²) in [7, 11) is 1.54. The molecule has 0 heterocycles. The second kappa shape index (κ2) is 9.03. The number of nitro benzene ring substituents is 1. The molecule has 20 heavy (non-hydrogen) atoms. The molecule has 1 amide bonds. The van der Waals surface area contributed by atoms with Crippen LogP contribution >= 0.6 is 0 Å². The first-order valence-electron chi connectivity index (χ1n) is 6.50. The van der Waals surface area contributed by atoms with Gasteiger partial charge in [0, 0.05) is 30.8 Å². The van der Waals surface area contributed by atoms with Crippen molar-refractivity contribution in [2.75, 3.05) is 13.7 Å². The highest BCUT2D eigenvalue weighted by Gasteiger charge is 2.14. The molecule has 1 unspecified atom stereocenters. The van der Waals surface area contributed by atoms with Gasteiger partial charge in [0.1, 0.15) is 0 Å². The lowest BCUT2D eigenvalue weighted by Gasteiger charge is -2.12. The number of non-ortho nitro benzene ring substituents is 1. The van der Waals surface area contributed by atoms with Gasteiger partial charge in [-0.05, 0) is 25.5 Å². The van der Waals surface area contributed by atoms with Crippen molar-refractivity contribution in [1.29, 1.82) is 0 Å². The average Bonchev–Trinajstić information content (AvgIpc) is 2.40. The summed E-state index contributed by atoms with van der Waals surface area (Å²) in [6.45, 7) is 7.90. The van der Waals surface area contributed by atoms with Gasteiger partial charge in [-0.25, -0.2) is 0 Å². The van der Waals surface area contributed by atoms with E-state index < -0.39 is 4.92 Å². The van der Waals surface area contributed by atoms with Gasteiger partial charge in [0.15, 0.2) is 0 Å². The van der Waals surface area contributed by atoms with E-state index >= 15 is 0 Å². The standard InChI is InChI=1S/C12H16N2O4.C2H6/c1-8-4-10(6-11(5-8)14(16)17)12(15)13-9(2)7-18-3;1-2/h4-6,9H,7H2,1-3H3,(H,13,15);1-2H3. The molecule has 1 rings (SSSR count). The van der Waals surface area contributed by atoms with Crippen molar-refractivity contribution in [2.45, 2.75) is 33.7 Å². The van der Waals surface area contributed by atoms with Gasteiger partial charge in [-0.1, -0.05) is 13.8 Å². The molecule has 0 saturated carbocycles. The maximum atomic E-state index is 11.9. The van der Waals surface area contributed by atoms with Gasteiger partial charge in [0.2, 0.25) is 0 Å². The third-order valence-corrected chi connectivity index (χ3v) is 2.33. The summed E-state index contributed by atoms with van der Waals surface area (Å²) in [6.07, 6.45) is 0. The van der Waals surface area contributed by atoms with E-state index in [9.17, 15) is 14.9 Å². The molecule has 1 aromatic rings. The number of amides is 1. The highest BCUT2D eigenvalue weighted by atomic mass is 16.6. The van der Waals surface area contributed by atoms with Crippen LogP contribution in [0.25, 0.3) is 0 Å². The number of aryl methyl sites for hydroxylation is 1. The predicted molar refractivity (Wildman–Crippen MR) is 78.0 cm³/mol. The number of carbonyl (C=O) groups is 1. The van der Waals surface area contributed by atoms with E-state index in [0.29, 0.717) is 12.2 Å². The Kier molecular flexibility index (Phi) is 8.15. The molecule has 6 heteroatoms. The zero-order valence-corrected chi connectivity index (χ0v) is 12.6. The Morgan fingerprint density at radius 3 is 2.50 bits per heavy atom. The maximum Gasteiger partial charge on any atom is 0.270 e. The molecule has 0 fully saturated rings. The SMILES string of the molecule is CC.COCC(C)NC(=O)c1cc(C)cc([N+](=O)[O-])c1. The minimum Gasteiger partial charge on any atom is -0.383 e. The maximum absolute atomic E-state index is 11.9. The number of nitrogens with one attached hydrogen (secondary N) is 1. The molecule has 0 saturated heterocycles. The molecule has 0 radical (unpaired) electrons. The van der Waals surface area contributed by atoms with Crippen LogP contribution in [0.1, 0.15) is 36.7 Å². The Hall–Kier alpha value is -1.95. The number of hydrogen-bond acceptors (Lipinski definition) is 4. The van der Waals surface area contributed by atoms with Gasteiger partial charge < -0.3 is 10.1 Å². The van der Waals surface area contributed by atoms with E-state index in [1.807, 2.05) is 13.8 Å². The third kappa shape index (κ3) is 5.79. The van der Waals surface area contributed by atoms with Crippen LogP contribution in [0, 0.1) is 17.0 Å². The Balaban J connectivity index is 0.00000172. The van der Waals surface area contributed by atoms with Gasteiger partial charge >= 0.3 is 0 Å². The molecule has 1 atom stereocenters. The van der Waals surface area contributed by atoms with E-state index in [0.717, 1.165) is 0 Å². The lowest BCUT2D eigenvalue weighted by molar-refractivity contribution is -0.384. The molecule has 0 aliphatic carbocycles. The van der Waals surface area contributed by atoms with E-state index in [4.69, 9.17) is 4.74 Å². The second-order valence-electron chi connectivity index (χ2n) is 4.14. The minimum absolute atomic E-state index is 0.0838. The van der Waals surface area contributed by atoms with Gasteiger partial charge in [-0.15, -0.1) is 0 Å². The smallest absolute Gasteiger partial charge is 0.270 e. The number of methoxy groups -OCH3 is 1. The molecule has 0 aliphatic rings. The molecule has 0 spiro atoms. The van der Waals surface area contributed by atoms with Crippen molar-refractivity contribution < 1.29 is 14.5 Å². The third-order valence-electron chi connectivity index (χ3n) is 2.33. The number of benzene rings is 1. The first-order chi connectivity index (χ1) is 9.43. The molecular weight excluding hydrogens is 260 g/mol. The average molecular weight is 282 g/mol. The van der Waals surface area contributed by atoms with Gasteiger partial charge in [0.05, 0.1) is 11.5 Å². The van der Waals surface area contributed by atoms with Gasteiger partial charge in [-0.3, -0.25) is 14.9 Å². The summed E-state index contributed by atoms with van der Waals surface area (Å²) < 4.78 is 4.90. The van der Waals surface area contributed by atoms with E-state index in [1.54, 1.807) is 27.0 Å². The topological polar surface area (TPSA) is 81.5 Å². The van der Waals surface area contributed by atoms with Crippen LogP contribution in [-0.4, -0.2) is 30.6 Å². The lowest BCUT2D eigenvalue weighted by Crippen LogP contribution is -2.35. The number of carbonyl (C=O) groups excluding carboxylic acids is 1. The van der Waals surface area contributed by atoms with Crippen molar-refractivity contribution in [2.24, 2.45) is 0 Å². The summed E-state index contributed by atoms with van der Waals surface area (Å²) in [5.74, 6) is -0.341. The fourth-order valence-electron chi connectivity index (χ4n) is 1.60. The summed E-state index contributed by atoms with van der Waals surface area (Å²) >= 11 is 0. The fourth-order valence-corrected chi connectivity index (χ4v) is 1.60. The summed E-state index contributed by atoms with van der Waals surface area (Å²) in [6, 6.07) is 4.15. The van der Waals surface area contributed by atoms with Gasteiger partial charge in [-0.2, -0.15) is 0 Å². The van der Waals surface area contributed by atoms with Gasteiger partial charge in [0.25, 0.3) is 11.6 Å². The highest BCUT2D eigenvalue weighted by molar-refractivity contribution is 5.95. The van der Waals surface area contributed by atoms with Crippen LogP contribution in [0.3, 0.4) is 0 Å². The number of nitrogens with zero attached hydrogens (tertiary/aromatic N) is 1. The molecule has 112 valence electrons. The normalized spacial score (nSPS) is 11.1. The van der Waals surface area contributed by atoms with Crippen molar-refractivity contribution in [1.82, 2.24) is 5.32 Å². The first-order valence-corrected chi connectivity index (χ1v) is 6.50. The second-order valence-corrected chi connectivity index (χ2v) is 4.14. The molecule has 0 aliphatic heterocycles. The molecule has 1 N–H and O–H groups in total. The number of rotatable bonds is 5. The first kappa shape index (κ1) is 18.0. The quantitative estimate of drug-likeness (QED) is 0.665. The van der Waals surface area contributed by atoms with E-state index in [-0.39, 0.29) is 23.2 Å². The van der Waals surface area contributed by atoms with Crippen molar-refractivity contribution in [3.8, 4) is 0 Å². The van der Waals surface area contributed by atoms with Crippen molar-refractivity contribution >= 4 is 11.6 Å². The molecule has 1 aromatic carbocycles. The predicted octanol–water partition coefficient (Wildman–Crippen LogP) is 2.69. The van der Waals surface area contributed by atoms with Crippen LogP contribution < -0.4 is 5.32 Å². The van der Waals surface area contributed by atoms with Crippen molar-refractivity contribution in [3.05, 3.63) is 39.4 Å². The van der Waals surface area contributed by atoms with Crippen LogP contribution in [0.5, 0.6) is 0 Å². The van der Waals surface area contributed by atoms with Crippen LogP contribution in [0.15, 0.2) is 18.2 Å². The lowest BCUT2D eigenvalue weighted by atomic mass is 10.1. The Morgan fingerprint density at radius 1 is 1.40 bits per heavy atom. The molecule has 6 nitrogen and oxygen atoms in total. The minimum atomic E-state index is -0.512. The van der Waals surface area contributed by atoms with Crippen LogP contribution in [-0.2, 0) is 4.74 Å². The number of nitro groups is 1. The Morgan fingerprint density at radius 2 is 2.00 bits per heavy atom. The number of ether oxygens (including phenoxy) is 1. The monoisotopic (exact) mass is 282 g/mol. The zero-order valence-electron chi connectivity index (χ0n) is 12.6. The van der Waals surface area contributed by atoms with E-state index in [1.165, 1.54) is 12.1 Å². The Labute approximate surface area is 119 Å². The highest BCUT2D eigenvalue weighted by Crippen LogP contribution is 2.16. The summed E-state index contributed by atoms with van der Waals surface area (Å²) in [4.78, 5) is 22.1. The van der Waals surface area contributed by atoms with E-state index in [2.05, 4.69) is 5.32 Å². The van der Waals surface area contributed by atoms with Crippen LogP contribution in [0.2, 0.25) is 0 Å². The zero-order chi connectivity index (χ0) is 15.7. The van der Waals surface area contributed by atoms with Crippen LogP contribution in [0.4, 0.5) is 5.69 Å². The number of hydrogen-bond donors (Lipinski definition) is 1. The van der Waals surface area contributed by atoms with Crippen molar-refractivity contribution in [3.63, 3.8) is 0 Å².